The molecule has 0 aliphatic rings. The fraction of sp³-hybridized carbons (Fsp3) is 0.286. The maximum Gasteiger partial charge on any atom is 0.225 e. The number of likely N-dealkylation sites (N-methyl/N-ethyl adjacent to an activating group) is 1. The zero-order valence-electron chi connectivity index (χ0n) is 11.4. The minimum atomic E-state index is 0.558. The maximum absolute atomic E-state index is 5.66. The molecule has 0 spiro atoms. The highest BCUT2D eigenvalue weighted by Crippen LogP contribution is 2.17. The van der Waals surface area contributed by atoms with Gasteiger partial charge in [-0.3, -0.25) is 0 Å². The number of benzene rings is 1. The molecule has 0 amide bonds. The summed E-state index contributed by atoms with van der Waals surface area (Å²) in [6.45, 7) is 1.26. The zero-order valence-corrected chi connectivity index (χ0v) is 13.0. The number of hydrogen-bond donors (Lipinski definition) is 0. The number of halogens is 1. The molecule has 0 fully saturated rings. The van der Waals surface area contributed by atoms with Crippen molar-refractivity contribution in [2.24, 2.45) is 0 Å². The summed E-state index contributed by atoms with van der Waals surface area (Å²) < 4.78 is 11.6. The van der Waals surface area contributed by atoms with Gasteiger partial charge in [0.2, 0.25) is 5.95 Å². The molecule has 6 heteroatoms. The first-order chi connectivity index (χ1) is 9.69. The van der Waals surface area contributed by atoms with Gasteiger partial charge in [0.1, 0.15) is 18.1 Å². The summed E-state index contributed by atoms with van der Waals surface area (Å²) in [5, 5.41) is 0. The van der Waals surface area contributed by atoms with E-state index >= 15 is 0 Å². The van der Waals surface area contributed by atoms with Crippen molar-refractivity contribution in [3.8, 4) is 11.5 Å². The van der Waals surface area contributed by atoms with E-state index in [1.165, 1.54) is 0 Å². The van der Waals surface area contributed by atoms with Crippen molar-refractivity contribution >= 4 is 21.9 Å². The van der Waals surface area contributed by atoms with Crippen LogP contribution >= 0.6 is 15.9 Å². The van der Waals surface area contributed by atoms with Gasteiger partial charge in [-0.05, 0) is 40.2 Å². The maximum atomic E-state index is 5.66. The Bertz CT molecular complexity index is 531. The van der Waals surface area contributed by atoms with Crippen molar-refractivity contribution in [1.29, 1.82) is 0 Å². The molecule has 2 aromatic rings. The van der Waals surface area contributed by atoms with Crippen LogP contribution in [-0.4, -0.2) is 37.3 Å². The van der Waals surface area contributed by atoms with Gasteiger partial charge in [0, 0.05) is 19.4 Å². The lowest BCUT2D eigenvalue weighted by molar-refractivity contribution is 0.324. The SMILES string of the molecule is COc1ccc(OCCN(C)c2ncc(Br)cn2)cc1. The molecule has 2 rings (SSSR count). The topological polar surface area (TPSA) is 47.5 Å². The number of aromatic nitrogens is 2. The van der Waals surface area contributed by atoms with Crippen LogP contribution < -0.4 is 14.4 Å². The second-order valence-corrected chi connectivity index (χ2v) is 5.06. The Morgan fingerprint density at radius 1 is 1.10 bits per heavy atom. The first-order valence-corrected chi connectivity index (χ1v) is 6.94. The smallest absolute Gasteiger partial charge is 0.225 e. The molecule has 20 heavy (non-hydrogen) atoms. The third kappa shape index (κ3) is 4.09. The molecule has 0 saturated carbocycles. The van der Waals surface area contributed by atoms with Crippen LogP contribution in [0.3, 0.4) is 0 Å². The van der Waals surface area contributed by atoms with Gasteiger partial charge in [0.15, 0.2) is 0 Å². The Morgan fingerprint density at radius 2 is 1.70 bits per heavy atom. The predicted octanol–water partition coefficient (Wildman–Crippen LogP) is 2.76. The highest BCUT2D eigenvalue weighted by atomic mass is 79.9. The van der Waals surface area contributed by atoms with Crippen LogP contribution in [0.15, 0.2) is 41.1 Å². The summed E-state index contributed by atoms with van der Waals surface area (Å²) in [5.74, 6) is 2.31. The molecule has 0 bridgehead atoms. The van der Waals surface area contributed by atoms with Crippen molar-refractivity contribution < 1.29 is 9.47 Å². The van der Waals surface area contributed by atoms with E-state index in [-0.39, 0.29) is 0 Å². The quantitative estimate of drug-likeness (QED) is 0.811. The molecule has 0 aliphatic heterocycles. The predicted molar refractivity (Wildman–Crippen MR) is 81.5 cm³/mol. The fourth-order valence-electron chi connectivity index (χ4n) is 1.57. The molecule has 0 radical (unpaired) electrons. The Hall–Kier alpha value is -1.82. The number of hydrogen-bond acceptors (Lipinski definition) is 5. The number of nitrogens with zero attached hydrogens (tertiary/aromatic N) is 3. The van der Waals surface area contributed by atoms with Crippen molar-refractivity contribution in [3.05, 3.63) is 41.1 Å². The lowest BCUT2D eigenvalue weighted by Crippen LogP contribution is -2.25. The Kier molecular flexibility index (Phi) is 5.17. The molecule has 106 valence electrons. The molecular formula is C14H16BrN3O2. The van der Waals surface area contributed by atoms with Crippen LogP contribution in [0.25, 0.3) is 0 Å². The molecule has 1 aromatic carbocycles. The van der Waals surface area contributed by atoms with E-state index in [2.05, 4.69) is 25.9 Å². The summed E-state index contributed by atoms with van der Waals surface area (Å²) in [6, 6.07) is 7.51. The van der Waals surface area contributed by atoms with Crippen LogP contribution in [-0.2, 0) is 0 Å². The molecular weight excluding hydrogens is 322 g/mol. The normalized spacial score (nSPS) is 10.2. The molecule has 0 atom stereocenters. The average Bonchev–Trinajstić information content (AvgIpc) is 2.48. The summed E-state index contributed by atoms with van der Waals surface area (Å²) in [4.78, 5) is 10.4. The van der Waals surface area contributed by atoms with Crippen LogP contribution in [0, 0.1) is 0 Å². The van der Waals surface area contributed by atoms with Gasteiger partial charge in [-0.15, -0.1) is 0 Å². The second kappa shape index (κ2) is 7.09. The highest BCUT2D eigenvalue weighted by molar-refractivity contribution is 9.10. The largest absolute Gasteiger partial charge is 0.497 e. The minimum absolute atomic E-state index is 0.558. The monoisotopic (exact) mass is 337 g/mol. The van der Waals surface area contributed by atoms with E-state index in [9.17, 15) is 0 Å². The lowest BCUT2D eigenvalue weighted by Gasteiger charge is -2.17. The van der Waals surface area contributed by atoms with Crippen LogP contribution in [0.4, 0.5) is 5.95 Å². The van der Waals surface area contributed by atoms with Crippen LogP contribution in [0.2, 0.25) is 0 Å². The van der Waals surface area contributed by atoms with Gasteiger partial charge < -0.3 is 14.4 Å². The van der Waals surface area contributed by atoms with Gasteiger partial charge in [-0.1, -0.05) is 0 Å². The van der Waals surface area contributed by atoms with Crippen molar-refractivity contribution in [2.75, 3.05) is 32.2 Å². The fourth-order valence-corrected chi connectivity index (χ4v) is 1.78. The average molecular weight is 338 g/mol. The number of ether oxygens (including phenoxy) is 2. The Labute approximate surface area is 126 Å². The molecule has 1 aromatic heterocycles. The summed E-state index contributed by atoms with van der Waals surface area (Å²) >= 11 is 3.31. The number of anilines is 1. The Balaban J connectivity index is 1.81. The van der Waals surface area contributed by atoms with Gasteiger partial charge >= 0.3 is 0 Å². The molecule has 0 unspecified atom stereocenters. The van der Waals surface area contributed by atoms with E-state index in [1.54, 1.807) is 19.5 Å². The summed E-state index contributed by atoms with van der Waals surface area (Å²) in [5.41, 5.74) is 0. The van der Waals surface area contributed by atoms with Gasteiger partial charge in [0.25, 0.3) is 0 Å². The molecule has 5 nitrogen and oxygen atoms in total. The van der Waals surface area contributed by atoms with Crippen LogP contribution in [0.5, 0.6) is 11.5 Å². The number of methoxy groups -OCH3 is 1. The summed E-state index contributed by atoms with van der Waals surface area (Å²) in [7, 11) is 3.57. The highest BCUT2D eigenvalue weighted by Gasteiger charge is 2.04. The first kappa shape index (κ1) is 14.6. The third-order valence-corrected chi connectivity index (χ3v) is 3.11. The molecule has 1 heterocycles. The van der Waals surface area contributed by atoms with Gasteiger partial charge in [0.05, 0.1) is 18.1 Å². The third-order valence-electron chi connectivity index (χ3n) is 2.70. The molecule has 0 aliphatic carbocycles. The van der Waals surface area contributed by atoms with E-state index in [0.717, 1.165) is 16.0 Å². The number of rotatable bonds is 6. The van der Waals surface area contributed by atoms with Crippen LogP contribution in [0.1, 0.15) is 0 Å². The van der Waals surface area contributed by atoms with Crippen molar-refractivity contribution in [3.63, 3.8) is 0 Å². The lowest BCUT2D eigenvalue weighted by atomic mass is 10.3. The van der Waals surface area contributed by atoms with Crippen molar-refractivity contribution in [2.45, 2.75) is 0 Å². The first-order valence-electron chi connectivity index (χ1n) is 6.14. The van der Waals surface area contributed by atoms with Gasteiger partial charge in [-0.2, -0.15) is 0 Å². The standard InChI is InChI=1S/C14H16BrN3O2/c1-18(14-16-9-11(15)10-17-14)7-8-20-13-5-3-12(19-2)4-6-13/h3-6,9-10H,7-8H2,1-2H3. The van der Waals surface area contributed by atoms with E-state index < -0.39 is 0 Å². The molecule has 0 saturated heterocycles. The van der Waals surface area contributed by atoms with E-state index in [1.807, 2.05) is 36.2 Å². The second-order valence-electron chi connectivity index (χ2n) is 4.15. The molecule has 0 N–H and O–H groups in total. The summed E-state index contributed by atoms with van der Waals surface area (Å²) in [6.07, 6.45) is 3.45. The minimum Gasteiger partial charge on any atom is -0.497 e. The van der Waals surface area contributed by atoms with Gasteiger partial charge in [-0.25, -0.2) is 9.97 Å². The van der Waals surface area contributed by atoms with E-state index in [0.29, 0.717) is 19.1 Å². The van der Waals surface area contributed by atoms with Crippen molar-refractivity contribution in [1.82, 2.24) is 9.97 Å². The zero-order chi connectivity index (χ0) is 14.4. The van der Waals surface area contributed by atoms with E-state index in [4.69, 9.17) is 9.47 Å². The Morgan fingerprint density at radius 3 is 2.30 bits per heavy atom.